The van der Waals surface area contributed by atoms with Gasteiger partial charge < -0.3 is 5.32 Å². The average Bonchev–Trinajstić information content (AvgIpc) is 2.40. The number of rotatable bonds is 3. The number of benzene rings is 2. The van der Waals surface area contributed by atoms with Crippen molar-refractivity contribution < 1.29 is 4.39 Å². The molecule has 2 aromatic rings. The van der Waals surface area contributed by atoms with E-state index in [1.807, 2.05) is 24.3 Å². The molecular formula is C16H14Cl2FN. The van der Waals surface area contributed by atoms with Crippen LogP contribution in [0.5, 0.6) is 0 Å². The van der Waals surface area contributed by atoms with E-state index >= 15 is 0 Å². The van der Waals surface area contributed by atoms with Gasteiger partial charge in [0, 0.05) is 18.5 Å². The molecule has 0 aliphatic carbocycles. The molecule has 0 unspecified atom stereocenters. The van der Waals surface area contributed by atoms with E-state index in [1.54, 1.807) is 6.07 Å². The van der Waals surface area contributed by atoms with Gasteiger partial charge in [-0.05, 0) is 35.7 Å². The Morgan fingerprint density at radius 2 is 1.75 bits per heavy atom. The maximum atomic E-state index is 13.1. The van der Waals surface area contributed by atoms with Gasteiger partial charge in [-0.15, -0.1) is 0 Å². The maximum absolute atomic E-state index is 13.1. The second-order valence-corrected chi connectivity index (χ2v) is 6.07. The smallest absolute Gasteiger partial charge is 0.123 e. The maximum Gasteiger partial charge on any atom is 0.123 e. The van der Waals surface area contributed by atoms with Crippen molar-refractivity contribution in [1.29, 1.82) is 0 Å². The van der Waals surface area contributed by atoms with E-state index in [0.29, 0.717) is 10.0 Å². The summed E-state index contributed by atoms with van der Waals surface area (Å²) < 4.78 is 13.1. The third-order valence-electron chi connectivity index (χ3n) is 3.94. The fourth-order valence-corrected chi connectivity index (χ4v) is 3.10. The molecule has 0 saturated carbocycles. The topological polar surface area (TPSA) is 12.0 Å². The Bertz CT molecular complexity index is 621. The second kappa shape index (κ2) is 5.36. The van der Waals surface area contributed by atoms with E-state index in [0.717, 1.165) is 30.6 Å². The van der Waals surface area contributed by atoms with E-state index in [9.17, 15) is 4.39 Å². The van der Waals surface area contributed by atoms with Gasteiger partial charge in [-0.25, -0.2) is 4.39 Å². The molecule has 20 heavy (non-hydrogen) atoms. The lowest BCUT2D eigenvalue weighted by molar-refractivity contribution is 0.274. The summed E-state index contributed by atoms with van der Waals surface area (Å²) in [5, 5.41) is 4.49. The van der Waals surface area contributed by atoms with Gasteiger partial charge in [-0.3, -0.25) is 0 Å². The number of hydrogen-bond donors (Lipinski definition) is 1. The van der Waals surface area contributed by atoms with E-state index in [-0.39, 0.29) is 11.2 Å². The summed E-state index contributed by atoms with van der Waals surface area (Å²) in [6, 6.07) is 12.4. The summed E-state index contributed by atoms with van der Waals surface area (Å²) in [4.78, 5) is 0. The quantitative estimate of drug-likeness (QED) is 0.895. The molecular weight excluding hydrogens is 296 g/mol. The van der Waals surface area contributed by atoms with Gasteiger partial charge in [0.25, 0.3) is 0 Å². The monoisotopic (exact) mass is 309 g/mol. The zero-order valence-electron chi connectivity index (χ0n) is 10.8. The van der Waals surface area contributed by atoms with Crippen molar-refractivity contribution in [3.8, 4) is 0 Å². The molecule has 0 spiro atoms. The van der Waals surface area contributed by atoms with Crippen LogP contribution < -0.4 is 5.32 Å². The minimum absolute atomic E-state index is 0.0258. The van der Waals surface area contributed by atoms with Crippen molar-refractivity contribution in [3.05, 3.63) is 69.5 Å². The summed E-state index contributed by atoms with van der Waals surface area (Å²) in [6.07, 6.45) is 0.797. The van der Waals surface area contributed by atoms with Gasteiger partial charge in [0.05, 0.1) is 10.0 Å². The highest BCUT2D eigenvalue weighted by molar-refractivity contribution is 6.42. The Balaban J connectivity index is 1.94. The molecule has 0 atom stereocenters. The molecule has 0 radical (unpaired) electrons. The molecule has 1 fully saturated rings. The molecule has 1 aliphatic heterocycles. The molecule has 1 nitrogen and oxygen atoms in total. The lowest BCUT2D eigenvalue weighted by Crippen LogP contribution is -2.58. The summed E-state index contributed by atoms with van der Waals surface area (Å²) >= 11 is 12.4. The Kier molecular flexibility index (Phi) is 3.72. The van der Waals surface area contributed by atoms with Crippen molar-refractivity contribution >= 4 is 23.2 Å². The summed E-state index contributed by atoms with van der Waals surface area (Å²) in [5.41, 5.74) is 2.14. The minimum Gasteiger partial charge on any atom is -0.315 e. The Morgan fingerprint density at radius 3 is 2.35 bits per heavy atom. The van der Waals surface area contributed by atoms with E-state index in [2.05, 4.69) is 5.32 Å². The standard InChI is InChI=1S/C16H14Cl2FN/c17-14-3-1-2-11(15(14)18)8-16(9-20-10-16)12-4-6-13(19)7-5-12/h1-7,20H,8-10H2. The van der Waals surface area contributed by atoms with E-state index < -0.39 is 0 Å². The van der Waals surface area contributed by atoms with Crippen molar-refractivity contribution in [2.24, 2.45) is 0 Å². The molecule has 2 aromatic carbocycles. The fraction of sp³-hybridized carbons (Fsp3) is 0.250. The van der Waals surface area contributed by atoms with Crippen LogP contribution in [-0.4, -0.2) is 13.1 Å². The molecule has 4 heteroatoms. The number of hydrogen-bond acceptors (Lipinski definition) is 1. The van der Waals surface area contributed by atoms with Crippen molar-refractivity contribution in [1.82, 2.24) is 5.32 Å². The first kappa shape index (κ1) is 13.9. The average molecular weight is 310 g/mol. The van der Waals surface area contributed by atoms with Crippen LogP contribution in [0.1, 0.15) is 11.1 Å². The van der Waals surface area contributed by atoms with Crippen LogP contribution in [-0.2, 0) is 11.8 Å². The first-order valence-electron chi connectivity index (χ1n) is 6.50. The fourth-order valence-electron chi connectivity index (χ4n) is 2.71. The Hall–Kier alpha value is -1.09. The molecule has 3 rings (SSSR count). The van der Waals surface area contributed by atoms with Crippen LogP contribution in [0, 0.1) is 5.82 Å². The lowest BCUT2D eigenvalue weighted by atomic mass is 9.71. The first-order chi connectivity index (χ1) is 9.61. The van der Waals surface area contributed by atoms with E-state index in [4.69, 9.17) is 23.2 Å². The molecule has 0 aromatic heterocycles. The second-order valence-electron chi connectivity index (χ2n) is 5.28. The normalized spacial score (nSPS) is 16.8. The molecule has 1 aliphatic rings. The molecule has 104 valence electrons. The van der Waals surface area contributed by atoms with Crippen LogP contribution in [0.25, 0.3) is 0 Å². The molecule has 0 bridgehead atoms. The van der Waals surface area contributed by atoms with Crippen LogP contribution in [0.15, 0.2) is 42.5 Å². The van der Waals surface area contributed by atoms with Gasteiger partial charge in [-0.1, -0.05) is 47.5 Å². The van der Waals surface area contributed by atoms with Gasteiger partial charge in [0.2, 0.25) is 0 Å². The summed E-state index contributed by atoms with van der Waals surface area (Å²) in [6.45, 7) is 1.73. The number of nitrogens with one attached hydrogen (secondary N) is 1. The van der Waals surface area contributed by atoms with Gasteiger partial charge in [0.1, 0.15) is 5.82 Å². The molecule has 1 N–H and O–H groups in total. The zero-order chi connectivity index (χ0) is 14.2. The van der Waals surface area contributed by atoms with Crippen LogP contribution in [0.3, 0.4) is 0 Å². The molecule has 1 heterocycles. The third kappa shape index (κ3) is 2.44. The number of halogens is 3. The van der Waals surface area contributed by atoms with Crippen LogP contribution in [0.2, 0.25) is 10.0 Å². The highest BCUT2D eigenvalue weighted by Gasteiger charge is 2.39. The highest BCUT2D eigenvalue weighted by Crippen LogP contribution is 2.36. The summed E-state index contributed by atoms with van der Waals surface area (Å²) in [5.74, 6) is -0.211. The predicted molar refractivity (Wildman–Crippen MR) is 81.1 cm³/mol. The van der Waals surface area contributed by atoms with Gasteiger partial charge in [-0.2, -0.15) is 0 Å². The molecule has 0 amide bonds. The van der Waals surface area contributed by atoms with Crippen molar-refractivity contribution in [2.75, 3.05) is 13.1 Å². The van der Waals surface area contributed by atoms with Crippen LogP contribution in [0.4, 0.5) is 4.39 Å². The summed E-state index contributed by atoms with van der Waals surface area (Å²) in [7, 11) is 0. The van der Waals surface area contributed by atoms with Gasteiger partial charge in [0.15, 0.2) is 0 Å². The van der Waals surface area contributed by atoms with Gasteiger partial charge >= 0.3 is 0 Å². The molecule has 1 saturated heterocycles. The first-order valence-corrected chi connectivity index (χ1v) is 7.26. The van der Waals surface area contributed by atoms with Crippen molar-refractivity contribution in [2.45, 2.75) is 11.8 Å². The van der Waals surface area contributed by atoms with Crippen LogP contribution >= 0.6 is 23.2 Å². The van der Waals surface area contributed by atoms with Crippen molar-refractivity contribution in [3.63, 3.8) is 0 Å². The predicted octanol–water partition coefficient (Wildman–Crippen LogP) is 4.22. The Labute approximate surface area is 127 Å². The lowest BCUT2D eigenvalue weighted by Gasteiger charge is -2.43. The van der Waals surface area contributed by atoms with E-state index in [1.165, 1.54) is 12.1 Å². The third-order valence-corrected chi connectivity index (χ3v) is 4.80. The highest BCUT2D eigenvalue weighted by atomic mass is 35.5. The zero-order valence-corrected chi connectivity index (χ0v) is 12.3. The SMILES string of the molecule is Fc1ccc(C2(Cc3cccc(Cl)c3Cl)CNC2)cc1. The largest absolute Gasteiger partial charge is 0.315 e. The minimum atomic E-state index is -0.211. The Morgan fingerprint density at radius 1 is 1.05 bits per heavy atom.